The van der Waals surface area contributed by atoms with Crippen LogP contribution < -0.4 is 19.7 Å². The van der Waals surface area contributed by atoms with E-state index < -0.39 is 38.3 Å². The third kappa shape index (κ3) is 8.31. The highest BCUT2D eigenvalue weighted by Crippen LogP contribution is 2.25. The van der Waals surface area contributed by atoms with E-state index in [2.05, 4.69) is 10.5 Å². The van der Waals surface area contributed by atoms with Crippen molar-refractivity contribution in [2.24, 2.45) is 5.73 Å². The Morgan fingerprint density at radius 2 is 1.37 bits per heavy atom. The van der Waals surface area contributed by atoms with E-state index in [0.29, 0.717) is 7.11 Å². The van der Waals surface area contributed by atoms with Crippen LogP contribution in [0.1, 0.15) is 0 Å². The molecule has 118 valence electrons. The Bertz CT molecular complexity index is 244. The van der Waals surface area contributed by atoms with Gasteiger partial charge in [-0.15, -0.1) is 0 Å². The Hall–Kier alpha value is -0.490. The van der Waals surface area contributed by atoms with Crippen LogP contribution in [0.3, 0.4) is 0 Å². The molecule has 0 saturated heterocycles. The zero-order chi connectivity index (χ0) is 16.0. The molecular weight excluding hydrogens is 321 g/mol. The fourth-order valence-electron chi connectivity index (χ4n) is 0.607. The number of rotatable bonds is 5. The van der Waals surface area contributed by atoms with Crippen LogP contribution in [0.25, 0.3) is 0 Å². The van der Waals surface area contributed by atoms with Crippen LogP contribution in [0.5, 0.6) is 0 Å². The summed E-state index contributed by atoms with van der Waals surface area (Å²) in [6.07, 6.45) is -3.43. The van der Waals surface area contributed by atoms with E-state index in [4.69, 9.17) is 18.6 Å². The molecule has 0 aromatic carbocycles. The van der Waals surface area contributed by atoms with Crippen LogP contribution in [0.4, 0.5) is 26.9 Å². The van der Waals surface area contributed by atoms with Gasteiger partial charge in [0.1, 0.15) is 0 Å². The molecule has 0 aliphatic rings. The summed E-state index contributed by atoms with van der Waals surface area (Å²) in [5.41, 5.74) is 4.50. The molecule has 0 spiro atoms. The van der Waals surface area contributed by atoms with Gasteiger partial charge in [-0.25, -0.2) is 0 Å². The third-order valence-electron chi connectivity index (χ3n) is 1.33. The number of methoxy groups -OCH3 is 1. The summed E-state index contributed by atoms with van der Waals surface area (Å²) in [6, 6.07) is 0. The van der Waals surface area contributed by atoms with Gasteiger partial charge in [-0.2, -0.15) is 14.0 Å². The smallest absolute Gasteiger partial charge is 0.273 e. The summed E-state index contributed by atoms with van der Waals surface area (Å²) in [5.74, 6) is -3.65. The molecule has 0 aliphatic carbocycles. The van der Waals surface area contributed by atoms with E-state index in [1.807, 2.05) is 0 Å². The van der Waals surface area contributed by atoms with Gasteiger partial charge in [-0.3, -0.25) is 5.73 Å². The Morgan fingerprint density at radius 3 is 1.42 bits per heavy atom. The first-order valence-corrected chi connectivity index (χ1v) is 4.84. The Labute approximate surface area is 102 Å². The molecule has 0 saturated carbocycles. The summed E-state index contributed by atoms with van der Waals surface area (Å²) in [5, 5.41) is -6.48. The minimum absolute atomic E-state index is 0.478. The van der Waals surface area contributed by atoms with Gasteiger partial charge in [-0.05, 0) is 0 Å². The van der Waals surface area contributed by atoms with E-state index in [1.54, 1.807) is 0 Å². The highest BCUT2D eigenvalue weighted by Gasteiger charge is 2.53. The molecule has 0 heterocycles. The van der Waals surface area contributed by atoms with E-state index in [1.165, 1.54) is 0 Å². The Kier molecular flexibility index (Phi) is 8.71. The van der Waals surface area contributed by atoms with Gasteiger partial charge in [0.25, 0.3) is 5.85 Å². The summed E-state index contributed by atoms with van der Waals surface area (Å²) < 4.78 is 107. The average Bonchev–Trinajstić information content (AvgIpc) is 2.12. The topological polar surface area (TPSA) is 134 Å². The van der Waals surface area contributed by atoms with Crippen molar-refractivity contribution in [2.75, 3.05) is 7.11 Å². The first-order valence-electron chi connectivity index (χ1n) is 3.58. The van der Waals surface area contributed by atoms with Crippen molar-refractivity contribution in [3.8, 4) is 0 Å². The molecule has 0 amide bonds. The molecular formula is C3H7ClF6N4O5. The van der Waals surface area contributed by atoms with Gasteiger partial charge in [0.2, 0.25) is 6.17 Å². The minimum atomic E-state index is -4.69. The molecule has 0 bridgehead atoms. The van der Waals surface area contributed by atoms with Crippen molar-refractivity contribution >= 4 is 0 Å². The second-order valence-electron chi connectivity index (χ2n) is 2.48. The maximum atomic E-state index is 11.9. The quantitative estimate of drug-likeness (QED) is 0.301. The predicted molar refractivity (Wildman–Crippen MR) is 32.1 cm³/mol. The van der Waals surface area contributed by atoms with Crippen molar-refractivity contribution < 1.29 is 60.5 Å². The lowest BCUT2D eigenvalue weighted by molar-refractivity contribution is -1.92. The second kappa shape index (κ2) is 7.94. The van der Waals surface area contributed by atoms with Gasteiger partial charge in [-0.1, -0.05) is 26.9 Å². The molecule has 0 radical (unpaired) electrons. The van der Waals surface area contributed by atoms with Gasteiger partial charge in [0.15, 0.2) is 0 Å². The lowest BCUT2D eigenvalue weighted by Crippen LogP contribution is -2.66. The van der Waals surface area contributed by atoms with E-state index >= 15 is 0 Å². The number of nitrogens with zero attached hydrogens (tertiary/aromatic N) is 3. The van der Waals surface area contributed by atoms with Crippen molar-refractivity contribution in [3.63, 3.8) is 0 Å². The SMILES string of the molecule is COC(N)(C(N(F)F)N(F)F)N(F)F.[O-][Cl+3]([O-])([O-])O. The third-order valence-corrected chi connectivity index (χ3v) is 1.33. The fraction of sp³-hybridized carbons (Fsp3) is 1.00. The standard InChI is InChI=1S/C3H6F6N4O.ClHO4/c1-14-3(10,13(8)9)2(11(4)5)12(6)7;2-1(3,4)5/h2H,10H2,1H3;(H,2,3,4,5). The van der Waals surface area contributed by atoms with Crippen LogP contribution in [0.2, 0.25) is 0 Å². The van der Waals surface area contributed by atoms with Gasteiger partial charge in [0, 0.05) is 17.8 Å². The van der Waals surface area contributed by atoms with E-state index in [0.717, 1.165) is 0 Å². The normalized spacial score (nSPS) is 15.8. The maximum absolute atomic E-state index is 11.9. The number of ether oxygens (including phenoxy) is 1. The molecule has 1 atom stereocenters. The number of hydrogen-bond donors (Lipinski definition) is 2. The molecule has 3 N–H and O–H groups in total. The zero-order valence-corrected chi connectivity index (χ0v) is 9.48. The van der Waals surface area contributed by atoms with Crippen molar-refractivity contribution in [1.82, 2.24) is 16.0 Å². The predicted octanol–water partition coefficient (Wildman–Crippen LogP) is -3.34. The summed E-state index contributed by atoms with van der Waals surface area (Å²) in [4.78, 5) is 0. The lowest BCUT2D eigenvalue weighted by atomic mass is 10.3. The molecule has 0 aromatic heterocycles. The van der Waals surface area contributed by atoms with Crippen molar-refractivity contribution in [2.45, 2.75) is 12.0 Å². The van der Waals surface area contributed by atoms with Gasteiger partial charge >= 0.3 is 0 Å². The molecule has 1 unspecified atom stereocenters. The summed E-state index contributed by atoms with van der Waals surface area (Å²) in [6.45, 7) is 0. The number of halogens is 7. The van der Waals surface area contributed by atoms with Crippen LogP contribution in [0, 0.1) is 10.2 Å². The first kappa shape index (κ1) is 20.8. The summed E-state index contributed by atoms with van der Waals surface area (Å²) in [7, 11) is -4.22. The Morgan fingerprint density at radius 1 is 1.11 bits per heavy atom. The van der Waals surface area contributed by atoms with Crippen LogP contribution in [0.15, 0.2) is 0 Å². The lowest BCUT2D eigenvalue weighted by Gasteiger charge is -2.33. The summed E-state index contributed by atoms with van der Waals surface area (Å²) >= 11 is 0. The second-order valence-corrected chi connectivity index (χ2v) is 3.27. The fourth-order valence-corrected chi connectivity index (χ4v) is 0.607. The van der Waals surface area contributed by atoms with Crippen LogP contribution in [-0.2, 0) is 4.74 Å². The van der Waals surface area contributed by atoms with E-state index in [9.17, 15) is 26.9 Å². The number of hydrogen-bond acceptors (Lipinski definition) is 9. The van der Waals surface area contributed by atoms with E-state index in [-0.39, 0.29) is 0 Å². The van der Waals surface area contributed by atoms with Crippen molar-refractivity contribution in [3.05, 3.63) is 0 Å². The first-order chi connectivity index (χ1) is 8.27. The Balaban J connectivity index is 0. The van der Waals surface area contributed by atoms with Crippen LogP contribution in [-0.4, -0.2) is 39.8 Å². The molecule has 19 heavy (non-hydrogen) atoms. The average molecular weight is 329 g/mol. The van der Waals surface area contributed by atoms with Gasteiger partial charge in [0.05, 0.1) is 20.2 Å². The highest BCUT2D eigenvalue weighted by molar-refractivity contribution is 4.75. The largest absolute Gasteiger partial charge is 0.344 e. The molecule has 16 heteroatoms. The monoisotopic (exact) mass is 328 g/mol. The van der Waals surface area contributed by atoms with Gasteiger partial charge < -0.3 is 4.74 Å². The zero-order valence-electron chi connectivity index (χ0n) is 8.72. The number of nitrogens with two attached hydrogens (primary N) is 1. The molecule has 0 fully saturated rings. The molecule has 0 rings (SSSR count). The minimum Gasteiger partial charge on any atom is -0.344 e. The molecule has 9 nitrogen and oxygen atoms in total. The molecule has 0 aliphatic heterocycles. The highest BCUT2D eigenvalue weighted by atomic mass is 35.7. The molecule has 0 aromatic rings. The van der Waals surface area contributed by atoms with Crippen LogP contribution >= 0.6 is 0 Å². The van der Waals surface area contributed by atoms with Crippen molar-refractivity contribution in [1.29, 1.82) is 0 Å². The maximum Gasteiger partial charge on any atom is 0.273 e.